The number of para-hydroxylation sites is 2. The van der Waals surface area contributed by atoms with Crippen molar-refractivity contribution >= 4 is 43.6 Å². The van der Waals surface area contributed by atoms with Gasteiger partial charge in [0.05, 0.1) is 27.5 Å². The molecule has 2 heteroatoms. The molecule has 0 spiro atoms. The summed E-state index contributed by atoms with van der Waals surface area (Å²) >= 11 is 0. The lowest BCUT2D eigenvalue weighted by molar-refractivity contribution is 0.776. The Morgan fingerprint density at radius 2 is 0.794 bits per heavy atom. The number of rotatable bonds is 6. The zero-order valence-corrected chi connectivity index (χ0v) is 34.5. The number of benzene rings is 10. The van der Waals surface area contributed by atoms with Gasteiger partial charge in [0.15, 0.2) is 0 Å². The van der Waals surface area contributed by atoms with Gasteiger partial charge in [-0.05, 0) is 116 Å². The molecule has 0 amide bonds. The lowest BCUT2D eigenvalue weighted by Gasteiger charge is -2.34. The Labute approximate surface area is 366 Å². The van der Waals surface area contributed by atoms with Crippen molar-refractivity contribution in [2.24, 2.45) is 0 Å². The van der Waals surface area contributed by atoms with E-state index in [0.717, 1.165) is 11.4 Å². The average molecular weight is 801 g/mol. The molecule has 10 aromatic carbocycles. The van der Waals surface area contributed by atoms with E-state index in [1.165, 1.54) is 99.2 Å². The molecule has 0 unspecified atom stereocenters. The first-order valence-corrected chi connectivity index (χ1v) is 21.8. The first-order chi connectivity index (χ1) is 31.3. The minimum Gasteiger partial charge on any atom is -0.309 e. The van der Waals surface area contributed by atoms with Crippen LogP contribution in [0.5, 0.6) is 0 Å². The third-order valence-electron chi connectivity index (χ3n) is 13.6. The van der Waals surface area contributed by atoms with Crippen LogP contribution in [-0.4, -0.2) is 9.13 Å². The highest BCUT2D eigenvalue weighted by Crippen LogP contribution is 2.59. The molecular weight excluding hydrogens is 761 g/mol. The average Bonchev–Trinajstić information content (AvgIpc) is 3.99. The molecular formula is C61H40N2. The minimum atomic E-state index is -0.543. The van der Waals surface area contributed by atoms with Crippen molar-refractivity contribution in [1.29, 1.82) is 0 Å². The summed E-state index contributed by atoms with van der Waals surface area (Å²) in [6.07, 6.45) is 0. The summed E-state index contributed by atoms with van der Waals surface area (Å²) in [4.78, 5) is 0. The number of fused-ring (bicyclic) bond motifs is 10. The summed E-state index contributed by atoms with van der Waals surface area (Å²) in [6.45, 7) is 0. The Morgan fingerprint density at radius 3 is 1.52 bits per heavy atom. The summed E-state index contributed by atoms with van der Waals surface area (Å²) in [5, 5.41) is 5.01. The molecule has 1 aliphatic rings. The number of aromatic nitrogens is 2. The van der Waals surface area contributed by atoms with E-state index in [4.69, 9.17) is 0 Å². The van der Waals surface area contributed by atoms with Crippen LogP contribution in [0.2, 0.25) is 0 Å². The van der Waals surface area contributed by atoms with Gasteiger partial charge in [-0.15, -0.1) is 0 Å². The van der Waals surface area contributed by atoms with E-state index < -0.39 is 5.41 Å². The number of nitrogens with zero attached hydrogens (tertiary/aromatic N) is 2. The maximum absolute atomic E-state index is 2.47. The summed E-state index contributed by atoms with van der Waals surface area (Å²) in [7, 11) is 0. The molecule has 0 atom stereocenters. The smallest absolute Gasteiger partial charge is 0.0720 e. The van der Waals surface area contributed by atoms with E-state index in [1.807, 2.05) is 0 Å². The largest absolute Gasteiger partial charge is 0.309 e. The molecule has 13 rings (SSSR count). The lowest BCUT2D eigenvalue weighted by Crippen LogP contribution is -2.28. The molecule has 0 radical (unpaired) electrons. The molecule has 0 saturated heterocycles. The highest BCUT2D eigenvalue weighted by Gasteiger charge is 2.47. The van der Waals surface area contributed by atoms with Crippen LogP contribution in [0.1, 0.15) is 22.3 Å². The van der Waals surface area contributed by atoms with Crippen LogP contribution >= 0.6 is 0 Å². The van der Waals surface area contributed by atoms with Gasteiger partial charge >= 0.3 is 0 Å². The summed E-state index contributed by atoms with van der Waals surface area (Å²) < 4.78 is 4.89. The van der Waals surface area contributed by atoms with E-state index in [2.05, 4.69) is 252 Å². The molecule has 12 aromatic rings. The molecule has 2 nitrogen and oxygen atoms in total. The monoisotopic (exact) mass is 800 g/mol. The third kappa shape index (κ3) is 5.19. The van der Waals surface area contributed by atoms with Gasteiger partial charge in [-0.25, -0.2) is 0 Å². The fraction of sp³-hybridized carbons (Fsp3) is 0.0164. The Hall–Kier alpha value is -8.20. The Balaban J connectivity index is 1.09. The van der Waals surface area contributed by atoms with Gasteiger partial charge < -0.3 is 9.13 Å². The van der Waals surface area contributed by atoms with Crippen molar-refractivity contribution in [3.8, 4) is 44.8 Å². The lowest BCUT2D eigenvalue weighted by atomic mass is 9.67. The summed E-state index contributed by atoms with van der Waals surface area (Å²) in [6, 6.07) is 89.6. The van der Waals surface area contributed by atoms with E-state index in [0.29, 0.717) is 0 Å². The van der Waals surface area contributed by atoms with E-state index >= 15 is 0 Å². The minimum absolute atomic E-state index is 0.543. The van der Waals surface area contributed by atoms with Gasteiger partial charge in [0.25, 0.3) is 0 Å². The summed E-state index contributed by atoms with van der Waals surface area (Å²) in [5.74, 6) is 0. The van der Waals surface area contributed by atoms with E-state index in [1.54, 1.807) is 0 Å². The SMILES string of the molecule is c1ccc(-c2cccc(-n3c4ccccc4c4cc(-c5ccc6c(c5)c5c7c(ccc5n6-c5ccccc5)-c5ccccc5C7(c5ccccc5)c5ccccc5)ccc43)c2)cc1. The second-order valence-corrected chi connectivity index (χ2v) is 16.8. The molecule has 0 bridgehead atoms. The van der Waals surface area contributed by atoms with Crippen LogP contribution in [0.4, 0.5) is 0 Å². The highest BCUT2D eigenvalue weighted by molar-refractivity contribution is 6.17. The van der Waals surface area contributed by atoms with Crippen molar-refractivity contribution in [3.05, 3.63) is 265 Å². The molecule has 1 aliphatic carbocycles. The Kier molecular flexibility index (Phi) is 7.85. The zero-order valence-electron chi connectivity index (χ0n) is 34.5. The number of hydrogen-bond acceptors (Lipinski definition) is 0. The zero-order chi connectivity index (χ0) is 41.5. The molecule has 0 fully saturated rings. The third-order valence-corrected chi connectivity index (χ3v) is 13.6. The maximum atomic E-state index is 2.47. The van der Waals surface area contributed by atoms with Crippen LogP contribution in [0.25, 0.3) is 88.4 Å². The van der Waals surface area contributed by atoms with Crippen molar-refractivity contribution in [2.75, 3.05) is 0 Å². The van der Waals surface area contributed by atoms with Gasteiger partial charge in [-0.3, -0.25) is 0 Å². The standard InChI is InChI=1S/C61H40N2/c1-5-18-41(19-6-1)42-20-17-27-48(38-42)63-55-31-16-14-29-50(55)52-39-43(32-35-56(52)63)44-33-36-57-53(40-44)59-58(62(57)47-25-11-4-12-26-47)37-34-51-49-28-13-15-30-54(49)61(60(51)59,45-21-7-2-8-22-45)46-23-9-3-10-24-46/h1-40H. The molecule has 2 aromatic heterocycles. The second-order valence-electron chi connectivity index (χ2n) is 16.8. The normalized spacial score (nSPS) is 12.9. The van der Waals surface area contributed by atoms with Gasteiger partial charge in [-0.2, -0.15) is 0 Å². The fourth-order valence-electron chi connectivity index (χ4n) is 11.0. The van der Waals surface area contributed by atoms with Crippen LogP contribution in [-0.2, 0) is 5.41 Å². The Morgan fingerprint density at radius 1 is 0.286 bits per heavy atom. The molecule has 0 saturated carbocycles. The predicted molar refractivity (Wildman–Crippen MR) is 263 cm³/mol. The highest BCUT2D eigenvalue weighted by atomic mass is 15.0. The van der Waals surface area contributed by atoms with Crippen LogP contribution in [0, 0.1) is 0 Å². The maximum Gasteiger partial charge on any atom is 0.0720 e. The number of hydrogen-bond donors (Lipinski definition) is 0. The van der Waals surface area contributed by atoms with Crippen molar-refractivity contribution in [3.63, 3.8) is 0 Å². The van der Waals surface area contributed by atoms with Crippen molar-refractivity contribution in [2.45, 2.75) is 5.41 Å². The van der Waals surface area contributed by atoms with Gasteiger partial charge in [0.2, 0.25) is 0 Å². The Bertz CT molecular complexity index is 3670. The molecule has 0 N–H and O–H groups in total. The molecule has 294 valence electrons. The van der Waals surface area contributed by atoms with Crippen LogP contribution < -0.4 is 0 Å². The first-order valence-electron chi connectivity index (χ1n) is 21.8. The second kappa shape index (κ2) is 13.9. The molecule has 63 heavy (non-hydrogen) atoms. The van der Waals surface area contributed by atoms with E-state index in [-0.39, 0.29) is 0 Å². The van der Waals surface area contributed by atoms with Gasteiger partial charge in [0, 0.05) is 32.9 Å². The van der Waals surface area contributed by atoms with Crippen molar-refractivity contribution in [1.82, 2.24) is 9.13 Å². The van der Waals surface area contributed by atoms with Gasteiger partial charge in [0.1, 0.15) is 0 Å². The molecule has 0 aliphatic heterocycles. The predicted octanol–water partition coefficient (Wildman–Crippen LogP) is 15.6. The van der Waals surface area contributed by atoms with E-state index in [9.17, 15) is 0 Å². The van der Waals surface area contributed by atoms with Crippen LogP contribution in [0.3, 0.4) is 0 Å². The van der Waals surface area contributed by atoms with Crippen LogP contribution in [0.15, 0.2) is 243 Å². The molecule has 2 heterocycles. The summed E-state index contributed by atoms with van der Waals surface area (Å²) in [5.41, 5.74) is 19.1. The van der Waals surface area contributed by atoms with Gasteiger partial charge in [-0.1, -0.05) is 182 Å². The van der Waals surface area contributed by atoms with Crippen molar-refractivity contribution < 1.29 is 0 Å². The first kappa shape index (κ1) is 35.5. The topological polar surface area (TPSA) is 9.86 Å². The fourth-order valence-corrected chi connectivity index (χ4v) is 11.0. The quantitative estimate of drug-likeness (QED) is 0.159.